The molecule has 0 bridgehead atoms. The number of benzene rings is 1. The van der Waals surface area contributed by atoms with Crippen molar-refractivity contribution in [2.75, 3.05) is 24.6 Å². The molecule has 5 heteroatoms. The summed E-state index contributed by atoms with van der Waals surface area (Å²) in [5, 5.41) is 0.714. The fourth-order valence-electron chi connectivity index (χ4n) is 2.16. The Bertz CT molecular complexity index is 626. The van der Waals surface area contributed by atoms with Gasteiger partial charge in [-0.05, 0) is 12.1 Å². The molecule has 1 amide bonds. The van der Waals surface area contributed by atoms with Crippen molar-refractivity contribution in [1.29, 1.82) is 0 Å². The lowest BCUT2D eigenvalue weighted by atomic mass is 10.2. The molecule has 3 rings (SSSR count). The highest BCUT2D eigenvalue weighted by Gasteiger charge is 2.19. The number of para-hydroxylation sites is 1. The van der Waals surface area contributed by atoms with Gasteiger partial charge in [0.05, 0.1) is 0 Å². The van der Waals surface area contributed by atoms with E-state index in [2.05, 4.69) is 4.98 Å². The van der Waals surface area contributed by atoms with Crippen molar-refractivity contribution in [2.45, 2.75) is 0 Å². The molecule has 1 aromatic carbocycles. The molecule has 1 aromatic heterocycles. The number of carbonyl (C=O) groups is 1. The number of hydrogen-bond acceptors (Lipinski definition) is 3. The molecule has 1 fully saturated rings. The Morgan fingerprint density at radius 1 is 1.21 bits per heavy atom. The van der Waals surface area contributed by atoms with E-state index in [1.54, 1.807) is 29.2 Å². The predicted molar refractivity (Wildman–Crippen MR) is 74.9 cm³/mol. The molecule has 2 aromatic rings. The summed E-state index contributed by atoms with van der Waals surface area (Å²) in [7, 11) is 0. The first kappa shape index (κ1) is 12.4. The fourth-order valence-corrected chi connectivity index (χ4v) is 3.06. The second-order valence-electron chi connectivity index (χ2n) is 4.41. The normalized spacial score (nSPS) is 15.7. The van der Waals surface area contributed by atoms with Gasteiger partial charge in [-0.3, -0.25) is 4.79 Å². The molecule has 0 radical (unpaired) electrons. The van der Waals surface area contributed by atoms with E-state index in [4.69, 9.17) is 0 Å². The number of aromatic nitrogens is 1. The quantitative estimate of drug-likeness (QED) is 0.802. The van der Waals surface area contributed by atoms with Gasteiger partial charge in [-0.2, -0.15) is 11.8 Å². The number of fused-ring (bicyclic) bond motifs is 1. The number of nitrogens with zero attached hydrogens (tertiary/aromatic N) is 2. The maximum absolute atomic E-state index is 13.7. The number of halogens is 1. The predicted octanol–water partition coefficient (Wildman–Crippen LogP) is 2.56. The molecule has 3 nitrogen and oxygen atoms in total. The van der Waals surface area contributed by atoms with E-state index in [0.717, 1.165) is 24.6 Å². The molecule has 0 atom stereocenters. The molecule has 0 spiro atoms. The van der Waals surface area contributed by atoms with Crippen molar-refractivity contribution in [3.63, 3.8) is 0 Å². The fraction of sp³-hybridized carbons (Fsp3) is 0.286. The molecule has 0 aliphatic carbocycles. The van der Waals surface area contributed by atoms with Gasteiger partial charge in [0.25, 0.3) is 5.91 Å². The first-order valence-electron chi connectivity index (χ1n) is 6.18. The molecule has 0 unspecified atom stereocenters. The van der Waals surface area contributed by atoms with Crippen LogP contribution in [0.4, 0.5) is 4.39 Å². The largest absolute Gasteiger partial charge is 0.336 e. The van der Waals surface area contributed by atoms with Crippen LogP contribution in [0.2, 0.25) is 0 Å². The van der Waals surface area contributed by atoms with Crippen LogP contribution in [0.3, 0.4) is 0 Å². The molecule has 1 saturated heterocycles. The third-order valence-electron chi connectivity index (χ3n) is 3.19. The Kier molecular flexibility index (Phi) is 3.38. The van der Waals surface area contributed by atoms with Crippen LogP contribution >= 0.6 is 11.8 Å². The summed E-state index contributed by atoms with van der Waals surface area (Å²) < 4.78 is 13.7. The Hall–Kier alpha value is -1.62. The number of thioether (sulfide) groups is 1. The van der Waals surface area contributed by atoms with Crippen LogP contribution in [0.5, 0.6) is 0 Å². The zero-order chi connectivity index (χ0) is 13.2. The molecular weight excluding hydrogens is 263 g/mol. The van der Waals surface area contributed by atoms with E-state index in [0.29, 0.717) is 11.1 Å². The summed E-state index contributed by atoms with van der Waals surface area (Å²) in [6.45, 7) is 1.47. The minimum absolute atomic E-state index is 0.106. The highest BCUT2D eigenvalue weighted by molar-refractivity contribution is 7.99. The summed E-state index contributed by atoms with van der Waals surface area (Å²) in [6, 6.07) is 8.21. The molecule has 0 saturated carbocycles. The van der Waals surface area contributed by atoms with E-state index >= 15 is 0 Å². The third-order valence-corrected chi connectivity index (χ3v) is 4.13. The van der Waals surface area contributed by atoms with Crippen molar-refractivity contribution in [3.05, 3.63) is 41.8 Å². The molecular formula is C14H13FN2OS. The molecule has 98 valence electrons. The van der Waals surface area contributed by atoms with Crippen LogP contribution in [0.25, 0.3) is 10.9 Å². The van der Waals surface area contributed by atoms with Crippen molar-refractivity contribution >= 4 is 28.6 Å². The van der Waals surface area contributed by atoms with E-state index in [1.165, 1.54) is 6.07 Å². The van der Waals surface area contributed by atoms with Crippen LogP contribution in [0, 0.1) is 5.82 Å². The monoisotopic (exact) mass is 276 g/mol. The summed E-state index contributed by atoms with van der Waals surface area (Å²) in [4.78, 5) is 18.2. The van der Waals surface area contributed by atoms with Gasteiger partial charge in [-0.15, -0.1) is 0 Å². The van der Waals surface area contributed by atoms with Crippen LogP contribution < -0.4 is 0 Å². The molecule has 2 heterocycles. The Morgan fingerprint density at radius 2 is 2.00 bits per heavy atom. The third kappa shape index (κ3) is 2.42. The average molecular weight is 276 g/mol. The first-order chi connectivity index (χ1) is 9.25. The number of rotatable bonds is 1. The second-order valence-corrected chi connectivity index (χ2v) is 5.64. The number of carbonyl (C=O) groups excluding carboxylic acids is 1. The molecule has 1 aliphatic rings. The summed E-state index contributed by atoms with van der Waals surface area (Å²) in [5.74, 6) is 1.41. The maximum atomic E-state index is 13.7. The Balaban J connectivity index is 1.96. The van der Waals surface area contributed by atoms with Crippen LogP contribution in [-0.2, 0) is 0 Å². The van der Waals surface area contributed by atoms with Gasteiger partial charge in [-0.1, -0.05) is 18.2 Å². The van der Waals surface area contributed by atoms with Crippen LogP contribution in [-0.4, -0.2) is 40.4 Å². The van der Waals surface area contributed by atoms with Crippen molar-refractivity contribution in [3.8, 4) is 0 Å². The van der Waals surface area contributed by atoms with Gasteiger partial charge in [0.15, 0.2) is 0 Å². The topological polar surface area (TPSA) is 33.2 Å². The Morgan fingerprint density at radius 3 is 2.79 bits per heavy atom. The second kappa shape index (κ2) is 5.17. The number of amides is 1. The standard InChI is InChI=1S/C14H13FN2OS/c15-11-3-1-2-10-4-5-12(16-13(10)11)14(18)17-6-8-19-9-7-17/h1-5H,6-9H2. The van der Waals surface area contributed by atoms with Gasteiger partial charge in [0.1, 0.15) is 17.0 Å². The Labute approximate surface area is 114 Å². The number of pyridine rings is 1. The van der Waals surface area contributed by atoms with E-state index in [-0.39, 0.29) is 17.2 Å². The number of hydrogen-bond donors (Lipinski definition) is 0. The summed E-state index contributed by atoms with van der Waals surface area (Å²) in [6.07, 6.45) is 0. The minimum Gasteiger partial charge on any atom is -0.336 e. The molecule has 0 N–H and O–H groups in total. The van der Waals surface area contributed by atoms with Crippen molar-refractivity contribution in [2.24, 2.45) is 0 Å². The van der Waals surface area contributed by atoms with Crippen molar-refractivity contribution < 1.29 is 9.18 Å². The van der Waals surface area contributed by atoms with Gasteiger partial charge in [0.2, 0.25) is 0 Å². The SMILES string of the molecule is O=C(c1ccc2cccc(F)c2n1)N1CCSCC1. The summed E-state index contributed by atoms with van der Waals surface area (Å²) in [5.41, 5.74) is 0.587. The average Bonchev–Trinajstić information content (AvgIpc) is 2.47. The van der Waals surface area contributed by atoms with Gasteiger partial charge in [0, 0.05) is 30.0 Å². The zero-order valence-corrected chi connectivity index (χ0v) is 11.1. The maximum Gasteiger partial charge on any atom is 0.272 e. The van der Waals surface area contributed by atoms with E-state index < -0.39 is 0 Å². The lowest BCUT2D eigenvalue weighted by molar-refractivity contribution is 0.0767. The van der Waals surface area contributed by atoms with E-state index in [1.807, 2.05) is 11.8 Å². The van der Waals surface area contributed by atoms with Gasteiger partial charge < -0.3 is 4.90 Å². The van der Waals surface area contributed by atoms with Crippen molar-refractivity contribution in [1.82, 2.24) is 9.88 Å². The first-order valence-corrected chi connectivity index (χ1v) is 7.33. The minimum atomic E-state index is -0.388. The van der Waals surface area contributed by atoms with E-state index in [9.17, 15) is 9.18 Å². The smallest absolute Gasteiger partial charge is 0.272 e. The van der Waals surface area contributed by atoms with Crippen LogP contribution in [0.1, 0.15) is 10.5 Å². The lowest BCUT2D eigenvalue weighted by Crippen LogP contribution is -2.38. The molecule has 1 aliphatic heterocycles. The highest BCUT2D eigenvalue weighted by atomic mass is 32.2. The van der Waals surface area contributed by atoms with Gasteiger partial charge in [-0.25, -0.2) is 9.37 Å². The summed E-state index contributed by atoms with van der Waals surface area (Å²) >= 11 is 1.84. The lowest BCUT2D eigenvalue weighted by Gasteiger charge is -2.26. The molecule has 19 heavy (non-hydrogen) atoms. The zero-order valence-electron chi connectivity index (χ0n) is 10.3. The highest BCUT2D eigenvalue weighted by Crippen LogP contribution is 2.18. The van der Waals surface area contributed by atoms with Gasteiger partial charge >= 0.3 is 0 Å². The van der Waals surface area contributed by atoms with Crippen LogP contribution in [0.15, 0.2) is 30.3 Å².